The first-order valence-corrected chi connectivity index (χ1v) is 7.36. The summed E-state index contributed by atoms with van der Waals surface area (Å²) in [7, 11) is 0. The van der Waals surface area contributed by atoms with E-state index < -0.39 is 11.9 Å². The molecule has 0 aromatic heterocycles. The first-order valence-electron chi connectivity index (χ1n) is 6.99. The Labute approximate surface area is 134 Å². The zero-order valence-corrected chi connectivity index (χ0v) is 13.2. The van der Waals surface area contributed by atoms with Gasteiger partial charge in [0.2, 0.25) is 0 Å². The summed E-state index contributed by atoms with van der Waals surface area (Å²) in [5.74, 6) is -0.187. The molecule has 0 aliphatic carbocycles. The summed E-state index contributed by atoms with van der Waals surface area (Å²) in [6.07, 6.45) is -0.125. The Morgan fingerprint density at radius 3 is 2.73 bits per heavy atom. The van der Waals surface area contributed by atoms with Crippen molar-refractivity contribution in [3.8, 4) is 5.75 Å². The minimum Gasteiger partial charge on any atom is -0.481 e. The van der Waals surface area contributed by atoms with Crippen LogP contribution in [0.1, 0.15) is 18.9 Å². The average Bonchev–Trinajstić information content (AvgIpc) is 2.48. The van der Waals surface area contributed by atoms with Gasteiger partial charge in [0.25, 0.3) is 5.91 Å². The number of benzene rings is 2. The molecular formula is C17H17ClFNO2. The molecule has 0 saturated heterocycles. The number of hydrogen-bond acceptors (Lipinski definition) is 2. The molecule has 0 bridgehead atoms. The van der Waals surface area contributed by atoms with Crippen molar-refractivity contribution in [1.82, 2.24) is 0 Å². The fourth-order valence-corrected chi connectivity index (χ4v) is 2.15. The number of rotatable bonds is 5. The summed E-state index contributed by atoms with van der Waals surface area (Å²) in [5, 5.41) is 2.64. The Hall–Kier alpha value is -2.07. The van der Waals surface area contributed by atoms with E-state index in [0.717, 1.165) is 5.56 Å². The van der Waals surface area contributed by atoms with Crippen molar-refractivity contribution in [1.29, 1.82) is 0 Å². The van der Waals surface area contributed by atoms with Crippen molar-refractivity contribution in [2.75, 3.05) is 5.32 Å². The summed E-state index contributed by atoms with van der Waals surface area (Å²) in [6, 6.07) is 11.5. The molecule has 0 aliphatic heterocycles. The molecule has 0 radical (unpaired) electrons. The first kappa shape index (κ1) is 16.3. The first-order chi connectivity index (χ1) is 10.5. The van der Waals surface area contributed by atoms with E-state index in [1.165, 1.54) is 18.2 Å². The van der Waals surface area contributed by atoms with E-state index in [9.17, 15) is 9.18 Å². The van der Waals surface area contributed by atoms with Crippen molar-refractivity contribution < 1.29 is 13.9 Å². The van der Waals surface area contributed by atoms with Crippen LogP contribution in [0.4, 0.5) is 10.1 Å². The lowest BCUT2D eigenvalue weighted by atomic mass is 10.2. The Bertz CT molecular complexity index is 675. The summed E-state index contributed by atoms with van der Waals surface area (Å²) < 4.78 is 18.8. The zero-order chi connectivity index (χ0) is 16.1. The van der Waals surface area contributed by atoms with Crippen LogP contribution in [0.25, 0.3) is 0 Å². The van der Waals surface area contributed by atoms with Gasteiger partial charge in [0, 0.05) is 5.69 Å². The van der Waals surface area contributed by atoms with E-state index >= 15 is 0 Å². The highest BCUT2D eigenvalue weighted by Gasteiger charge is 2.19. The molecule has 0 spiro atoms. The quantitative estimate of drug-likeness (QED) is 0.875. The van der Waals surface area contributed by atoms with Gasteiger partial charge in [0.15, 0.2) is 6.10 Å². The molecule has 0 aliphatic rings. The highest BCUT2D eigenvalue weighted by atomic mass is 35.5. The van der Waals surface area contributed by atoms with Gasteiger partial charge < -0.3 is 10.1 Å². The number of aryl methyl sites for hydroxylation is 1. The zero-order valence-electron chi connectivity index (χ0n) is 12.4. The molecule has 0 unspecified atom stereocenters. The lowest BCUT2D eigenvalue weighted by Gasteiger charge is -2.17. The second-order valence-corrected chi connectivity index (χ2v) is 5.36. The number of ether oxygens (including phenoxy) is 1. The predicted octanol–water partition coefficient (Wildman–Crippen LogP) is 4.58. The molecule has 2 aromatic carbocycles. The van der Waals surface area contributed by atoms with E-state index in [0.29, 0.717) is 17.9 Å². The highest BCUT2D eigenvalue weighted by Crippen LogP contribution is 2.20. The van der Waals surface area contributed by atoms with Crippen LogP contribution < -0.4 is 10.1 Å². The Kier molecular flexibility index (Phi) is 5.39. The van der Waals surface area contributed by atoms with Gasteiger partial charge in [0.1, 0.15) is 11.6 Å². The molecule has 22 heavy (non-hydrogen) atoms. The molecule has 0 saturated carbocycles. The van der Waals surface area contributed by atoms with Crippen molar-refractivity contribution in [2.24, 2.45) is 0 Å². The van der Waals surface area contributed by atoms with Gasteiger partial charge in [-0.15, -0.1) is 0 Å². The Balaban J connectivity index is 2.06. The number of carbonyl (C=O) groups is 1. The number of anilines is 1. The summed E-state index contributed by atoms with van der Waals surface area (Å²) in [4.78, 5) is 12.3. The summed E-state index contributed by atoms with van der Waals surface area (Å²) in [5.41, 5.74) is 1.49. The molecule has 0 heterocycles. The van der Waals surface area contributed by atoms with Gasteiger partial charge in [-0.1, -0.05) is 30.7 Å². The maximum Gasteiger partial charge on any atom is 0.265 e. The van der Waals surface area contributed by atoms with Crippen LogP contribution in [-0.4, -0.2) is 12.0 Å². The number of carbonyl (C=O) groups excluding carboxylic acids is 1. The summed E-state index contributed by atoms with van der Waals surface area (Å²) in [6.45, 7) is 3.81. The number of amides is 1. The molecule has 3 nitrogen and oxygen atoms in total. The Morgan fingerprint density at radius 1 is 1.32 bits per heavy atom. The van der Waals surface area contributed by atoms with Crippen LogP contribution in [0.2, 0.25) is 5.02 Å². The number of hydrogen-bond donors (Lipinski definition) is 1. The minimum absolute atomic E-state index is 0.0366. The molecule has 116 valence electrons. The van der Waals surface area contributed by atoms with Gasteiger partial charge in [-0.3, -0.25) is 4.79 Å². The third kappa shape index (κ3) is 4.21. The van der Waals surface area contributed by atoms with Crippen LogP contribution in [-0.2, 0) is 4.79 Å². The van der Waals surface area contributed by atoms with E-state index in [-0.39, 0.29) is 10.9 Å². The average molecular weight is 322 g/mol. The van der Waals surface area contributed by atoms with Crippen molar-refractivity contribution >= 4 is 23.2 Å². The molecular weight excluding hydrogens is 305 g/mol. The standard InChI is InChI=1S/C17H17ClFNO2/c1-3-16(22-13-6-4-5-11(2)9-13)17(21)20-12-7-8-15(19)14(18)10-12/h4-10,16H,3H2,1-2H3,(H,20,21)/t16-/m1/s1. The molecule has 2 rings (SSSR count). The SMILES string of the molecule is CC[C@@H](Oc1cccc(C)c1)C(=O)Nc1ccc(F)c(Cl)c1. The van der Waals surface area contributed by atoms with Gasteiger partial charge in [-0.25, -0.2) is 4.39 Å². The van der Waals surface area contributed by atoms with E-state index in [1.807, 2.05) is 32.0 Å². The van der Waals surface area contributed by atoms with Gasteiger partial charge >= 0.3 is 0 Å². The smallest absolute Gasteiger partial charge is 0.265 e. The molecule has 1 amide bonds. The maximum absolute atomic E-state index is 13.1. The van der Waals surface area contributed by atoms with Crippen LogP contribution in [0.3, 0.4) is 0 Å². The second kappa shape index (κ2) is 7.27. The third-order valence-electron chi connectivity index (χ3n) is 3.12. The lowest BCUT2D eigenvalue weighted by molar-refractivity contribution is -0.122. The molecule has 5 heteroatoms. The fourth-order valence-electron chi connectivity index (χ4n) is 1.97. The van der Waals surface area contributed by atoms with Crippen molar-refractivity contribution in [3.63, 3.8) is 0 Å². The van der Waals surface area contributed by atoms with Crippen LogP contribution >= 0.6 is 11.6 Å². The minimum atomic E-state index is -0.634. The van der Waals surface area contributed by atoms with E-state index in [4.69, 9.17) is 16.3 Å². The predicted molar refractivity (Wildman–Crippen MR) is 85.9 cm³/mol. The number of halogens is 2. The van der Waals surface area contributed by atoms with Gasteiger partial charge in [-0.05, 0) is 49.2 Å². The monoisotopic (exact) mass is 321 g/mol. The van der Waals surface area contributed by atoms with Crippen molar-refractivity contribution in [3.05, 3.63) is 58.9 Å². The van der Waals surface area contributed by atoms with Gasteiger partial charge in [0.05, 0.1) is 5.02 Å². The second-order valence-electron chi connectivity index (χ2n) is 4.95. The lowest BCUT2D eigenvalue weighted by Crippen LogP contribution is -2.32. The Morgan fingerprint density at radius 2 is 2.09 bits per heavy atom. The van der Waals surface area contributed by atoms with Crippen LogP contribution in [0, 0.1) is 12.7 Å². The summed E-state index contributed by atoms with van der Waals surface area (Å²) >= 11 is 5.70. The highest BCUT2D eigenvalue weighted by molar-refractivity contribution is 6.31. The molecule has 0 fully saturated rings. The van der Waals surface area contributed by atoms with Crippen molar-refractivity contribution in [2.45, 2.75) is 26.4 Å². The molecule has 1 N–H and O–H groups in total. The third-order valence-corrected chi connectivity index (χ3v) is 3.41. The van der Waals surface area contributed by atoms with E-state index in [2.05, 4.69) is 5.32 Å². The number of nitrogens with one attached hydrogen (secondary N) is 1. The molecule has 2 aromatic rings. The van der Waals surface area contributed by atoms with E-state index in [1.54, 1.807) is 6.07 Å². The van der Waals surface area contributed by atoms with Crippen LogP contribution in [0.5, 0.6) is 5.75 Å². The molecule has 1 atom stereocenters. The maximum atomic E-state index is 13.1. The fraction of sp³-hybridized carbons (Fsp3) is 0.235. The van der Waals surface area contributed by atoms with Crippen LogP contribution in [0.15, 0.2) is 42.5 Å². The topological polar surface area (TPSA) is 38.3 Å². The normalized spacial score (nSPS) is 11.8. The van der Waals surface area contributed by atoms with Gasteiger partial charge in [-0.2, -0.15) is 0 Å². The largest absolute Gasteiger partial charge is 0.481 e.